The maximum Gasteiger partial charge on any atom is 0.270 e. The quantitative estimate of drug-likeness (QED) is 0.692. The highest BCUT2D eigenvalue weighted by Gasteiger charge is 2.26. The largest absolute Gasteiger partial charge is 0.376 e. The Morgan fingerprint density at radius 1 is 1.23 bits per heavy atom. The van der Waals surface area contributed by atoms with Gasteiger partial charge < -0.3 is 9.64 Å². The van der Waals surface area contributed by atoms with E-state index in [1.54, 1.807) is 23.4 Å². The van der Waals surface area contributed by atoms with Gasteiger partial charge in [0.15, 0.2) is 0 Å². The standard InChI is InChI=1S/C19H18N4O2S/c24-19(18-11-17(22-26-18)14-5-2-1-3-6-14)23(13-16-7-4-10-25-16)15-8-9-20-21-12-15/h1-3,5-6,8-9,11-12,16H,4,7,10,13H2. The highest BCUT2D eigenvalue weighted by atomic mass is 32.1. The van der Waals surface area contributed by atoms with Gasteiger partial charge in [-0.15, -0.1) is 0 Å². The fourth-order valence-electron chi connectivity index (χ4n) is 2.99. The lowest BCUT2D eigenvalue weighted by atomic mass is 10.1. The van der Waals surface area contributed by atoms with Crippen molar-refractivity contribution in [3.8, 4) is 11.3 Å². The molecule has 0 bridgehead atoms. The zero-order valence-corrected chi connectivity index (χ0v) is 14.9. The lowest BCUT2D eigenvalue weighted by Crippen LogP contribution is -2.37. The van der Waals surface area contributed by atoms with Crippen LogP contribution in [0.15, 0.2) is 54.9 Å². The topological polar surface area (TPSA) is 68.2 Å². The first kappa shape index (κ1) is 16.8. The first-order valence-corrected chi connectivity index (χ1v) is 9.31. The molecule has 0 aliphatic carbocycles. The summed E-state index contributed by atoms with van der Waals surface area (Å²) in [6, 6.07) is 13.5. The van der Waals surface area contributed by atoms with Crippen molar-refractivity contribution in [2.75, 3.05) is 18.1 Å². The number of carbonyl (C=O) groups is 1. The van der Waals surface area contributed by atoms with Gasteiger partial charge in [0.1, 0.15) is 4.88 Å². The molecule has 1 aromatic carbocycles. The lowest BCUT2D eigenvalue weighted by Gasteiger charge is -2.24. The summed E-state index contributed by atoms with van der Waals surface area (Å²) < 4.78 is 10.2. The molecular formula is C19H18N4O2S. The fourth-order valence-corrected chi connectivity index (χ4v) is 3.70. The van der Waals surface area contributed by atoms with Crippen LogP contribution in [0.2, 0.25) is 0 Å². The van der Waals surface area contributed by atoms with Crippen LogP contribution in [-0.4, -0.2) is 39.7 Å². The number of nitrogens with zero attached hydrogens (tertiary/aromatic N) is 4. The maximum absolute atomic E-state index is 13.2. The van der Waals surface area contributed by atoms with E-state index in [-0.39, 0.29) is 12.0 Å². The molecule has 0 spiro atoms. The summed E-state index contributed by atoms with van der Waals surface area (Å²) in [5.41, 5.74) is 2.53. The first-order valence-electron chi connectivity index (χ1n) is 8.53. The minimum atomic E-state index is -0.0896. The summed E-state index contributed by atoms with van der Waals surface area (Å²) in [5, 5.41) is 7.72. The van der Waals surface area contributed by atoms with Crippen molar-refractivity contribution in [1.82, 2.24) is 14.6 Å². The second kappa shape index (κ2) is 7.72. The van der Waals surface area contributed by atoms with Gasteiger partial charge >= 0.3 is 0 Å². The van der Waals surface area contributed by atoms with Crippen LogP contribution < -0.4 is 4.90 Å². The van der Waals surface area contributed by atoms with Crippen LogP contribution in [0.5, 0.6) is 0 Å². The van der Waals surface area contributed by atoms with Gasteiger partial charge in [0.05, 0.1) is 36.4 Å². The highest BCUT2D eigenvalue weighted by Crippen LogP contribution is 2.25. The van der Waals surface area contributed by atoms with E-state index in [1.165, 1.54) is 11.5 Å². The van der Waals surface area contributed by atoms with E-state index in [0.717, 1.165) is 36.4 Å². The molecule has 132 valence electrons. The van der Waals surface area contributed by atoms with Crippen LogP contribution >= 0.6 is 11.5 Å². The molecule has 4 rings (SSSR count). The Labute approximate surface area is 155 Å². The highest BCUT2D eigenvalue weighted by molar-refractivity contribution is 7.08. The molecular weight excluding hydrogens is 348 g/mol. The van der Waals surface area contributed by atoms with Crippen LogP contribution in [-0.2, 0) is 4.74 Å². The zero-order valence-electron chi connectivity index (χ0n) is 14.1. The zero-order chi connectivity index (χ0) is 17.8. The molecule has 1 fully saturated rings. The Bertz CT molecular complexity index is 864. The van der Waals surface area contributed by atoms with Crippen molar-refractivity contribution in [2.24, 2.45) is 0 Å². The summed E-state index contributed by atoms with van der Waals surface area (Å²) in [4.78, 5) is 15.5. The Balaban J connectivity index is 1.61. The van der Waals surface area contributed by atoms with E-state index >= 15 is 0 Å². The number of aromatic nitrogens is 3. The summed E-state index contributed by atoms with van der Waals surface area (Å²) in [6.07, 6.45) is 5.23. The molecule has 1 aliphatic heterocycles. The maximum atomic E-state index is 13.2. The third-order valence-electron chi connectivity index (χ3n) is 4.33. The lowest BCUT2D eigenvalue weighted by molar-refractivity contribution is 0.0920. The van der Waals surface area contributed by atoms with E-state index < -0.39 is 0 Å². The van der Waals surface area contributed by atoms with Gasteiger partial charge in [0, 0.05) is 12.2 Å². The molecule has 0 saturated carbocycles. The molecule has 7 heteroatoms. The summed E-state index contributed by atoms with van der Waals surface area (Å²) in [6.45, 7) is 1.25. The number of benzene rings is 1. The van der Waals surface area contributed by atoms with Gasteiger partial charge in [-0.1, -0.05) is 30.3 Å². The molecule has 1 atom stereocenters. The number of rotatable bonds is 5. The van der Waals surface area contributed by atoms with E-state index in [0.29, 0.717) is 11.4 Å². The molecule has 0 radical (unpaired) electrons. The van der Waals surface area contributed by atoms with Crippen LogP contribution in [0.3, 0.4) is 0 Å². The van der Waals surface area contributed by atoms with Crippen LogP contribution in [0.1, 0.15) is 22.5 Å². The average molecular weight is 366 g/mol. The number of carbonyl (C=O) groups excluding carboxylic acids is 1. The molecule has 3 aromatic rings. The van der Waals surface area contributed by atoms with Gasteiger partial charge in [-0.25, -0.2) is 0 Å². The Morgan fingerprint density at radius 3 is 2.85 bits per heavy atom. The molecule has 3 heterocycles. The fraction of sp³-hybridized carbons (Fsp3) is 0.263. The summed E-state index contributed by atoms with van der Waals surface area (Å²) >= 11 is 1.22. The Hall–Kier alpha value is -2.64. The molecule has 1 unspecified atom stereocenters. The monoisotopic (exact) mass is 366 g/mol. The van der Waals surface area contributed by atoms with E-state index in [2.05, 4.69) is 14.6 Å². The predicted octanol–water partition coefficient (Wildman–Crippen LogP) is 3.43. The van der Waals surface area contributed by atoms with Crippen LogP contribution in [0.25, 0.3) is 11.3 Å². The average Bonchev–Trinajstić information content (AvgIpc) is 3.39. The molecule has 26 heavy (non-hydrogen) atoms. The minimum Gasteiger partial charge on any atom is -0.376 e. The van der Waals surface area contributed by atoms with Crippen molar-refractivity contribution >= 4 is 23.1 Å². The van der Waals surface area contributed by atoms with Crippen LogP contribution in [0, 0.1) is 0 Å². The van der Waals surface area contributed by atoms with Gasteiger partial charge in [0.2, 0.25) is 0 Å². The normalized spacial score (nSPS) is 16.5. The predicted molar refractivity (Wildman–Crippen MR) is 100 cm³/mol. The van der Waals surface area contributed by atoms with Crippen molar-refractivity contribution < 1.29 is 9.53 Å². The molecule has 1 aliphatic rings. The molecule has 0 N–H and O–H groups in total. The number of hydrogen-bond donors (Lipinski definition) is 0. The first-order chi connectivity index (χ1) is 12.8. The van der Waals surface area contributed by atoms with E-state index in [1.807, 2.05) is 36.4 Å². The van der Waals surface area contributed by atoms with E-state index in [9.17, 15) is 4.79 Å². The molecule has 6 nitrogen and oxygen atoms in total. The second-order valence-corrected chi connectivity index (χ2v) is 6.90. The number of hydrogen-bond acceptors (Lipinski definition) is 6. The van der Waals surface area contributed by atoms with Gasteiger partial charge in [0.25, 0.3) is 5.91 Å². The van der Waals surface area contributed by atoms with Crippen molar-refractivity contribution in [3.05, 3.63) is 59.7 Å². The Morgan fingerprint density at radius 2 is 2.12 bits per heavy atom. The minimum absolute atomic E-state index is 0.0497. The number of amides is 1. The summed E-state index contributed by atoms with van der Waals surface area (Å²) in [5.74, 6) is -0.0896. The number of anilines is 1. The Kier molecular flexibility index (Phi) is 4.99. The van der Waals surface area contributed by atoms with Crippen molar-refractivity contribution in [2.45, 2.75) is 18.9 Å². The smallest absolute Gasteiger partial charge is 0.270 e. The summed E-state index contributed by atoms with van der Waals surface area (Å²) in [7, 11) is 0. The molecule has 2 aromatic heterocycles. The van der Waals surface area contributed by atoms with Crippen LogP contribution in [0.4, 0.5) is 5.69 Å². The number of ether oxygens (including phenoxy) is 1. The molecule has 1 amide bonds. The third kappa shape index (κ3) is 3.63. The third-order valence-corrected chi connectivity index (χ3v) is 5.10. The van der Waals surface area contributed by atoms with E-state index in [4.69, 9.17) is 4.74 Å². The van der Waals surface area contributed by atoms with Gasteiger partial charge in [-0.3, -0.25) is 4.79 Å². The SMILES string of the molecule is O=C(c1cc(-c2ccccc2)ns1)N(CC1CCCO1)c1ccnnc1. The molecule has 1 saturated heterocycles. The van der Waals surface area contributed by atoms with Crippen molar-refractivity contribution in [1.29, 1.82) is 0 Å². The van der Waals surface area contributed by atoms with Crippen molar-refractivity contribution in [3.63, 3.8) is 0 Å². The van der Waals surface area contributed by atoms with Gasteiger partial charge in [-0.2, -0.15) is 14.6 Å². The second-order valence-electron chi connectivity index (χ2n) is 6.09. The van der Waals surface area contributed by atoms with Gasteiger partial charge in [-0.05, 0) is 36.5 Å².